The molecular formula is C25H26FNO6S2. The number of methoxy groups -OCH3 is 1. The van der Waals surface area contributed by atoms with Crippen molar-refractivity contribution in [3.63, 3.8) is 0 Å². The highest BCUT2D eigenvalue weighted by molar-refractivity contribution is 7.98. The summed E-state index contributed by atoms with van der Waals surface area (Å²) in [7, 11) is -2.99. The second-order valence-corrected chi connectivity index (χ2v) is 11.2. The Labute approximate surface area is 207 Å². The molecule has 0 saturated carbocycles. The van der Waals surface area contributed by atoms with E-state index in [1.165, 1.54) is 36.0 Å². The third-order valence-electron chi connectivity index (χ3n) is 5.46. The summed E-state index contributed by atoms with van der Waals surface area (Å²) in [4.78, 5) is 9.01. The first-order valence-electron chi connectivity index (χ1n) is 10.6. The maximum atomic E-state index is 13.2. The highest BCUT2D eigenvalue weighted by Crippen LogP contribution is 2.30. The van der Waals surface area contributed by atoms with E-state index in [9.17, 15) is 27.8 Å². The van der Waals surface area contributed by atoms with Crippen LogP contribution >= 0.6 is 11.8 Å². The van der Waals surface area contributed by atoms with Crippen LogP contribution in [0.5, 0.6) is 5.75 Å². The van der Waals surface area contributed by atoms with E-state index in [1.54, 1.807) is 43.5 Å². The topological polar surface area (TPSA) is 127 Å². The molecule has 3 aromatic rings. The van der Waals surface area contributed by atoms with Crippen LogP contribution in [0.25, 0.3) is 11.1 Å². The number of benzene rings is 3. The van der Waals surface area contributed by atoms with Gasteiger partial charge in [-0.3, -0.25) is 0 Å². The molecule has 35 heavy (non-hydrogen) atoms. The number of aliphatic carboxylic acids is 1. The quantitative estimate of drug-likeness (QED) is 0.350. The summed E-state index contributed by atoms with van der Waals surface area (Å²) in [6.07, 6.45) is -1.99. The van der Waals surface area contributed by atoms with E-state index < -0.39 is 33.2 Å². The van der Waals surface area contributed by atoms with Gasteiger partial charge in [0.25, 0.3) is 0 Å². The number of nitrogens with two attached hydrogens (primary N) is 1. The minimum Gasteiger partial charge on any atom is -0.497 e. The number of aliphatic hydroxyl groups excluding tert-OH is 1. The maximum absolute atomic E-state index is 13.2. The minimum absolute atomic E-state index is 0.0511. The summed E-state index contributed by atoms with van der Waals surface area (Å²) < 4.78 is 44.6. The molecular weight excluding hydrogens is 493 g/mol. The Balaban J connectivity index is 1.72. The fourth-order valence-electron chi connectivity index (χ4n) is 3.43. The summed E-state index contributed by atoms with van der Waals surface area (Å²) in [5.74, 6) is -0.955. The molecule has 2 atom stereocenters. The lowest BCUT2D eigenvalue weighted by Gasteiger charge is -2.27. The second kappa shape index (κ2) is 11.2. The lowest BCUT2D eigenvalue weighted by atomic mass is 10.1. The molecule has 0 fully saturated rings. The van der Waals surface area contributed by atoms with Crippen LogP contribution in [-0.4, -0.2) is 48.4 Å². The molecule has 186 valence electrons. The molecule has 0 spiro atoms. The lowest BCUT2D eigenvalue weighted by Crippen LogP contribution is -2.56. The number of carboxylic acids is 1. The normalized spacial score (nSPS) is 14.2. The van der Waals surface area contributed by atoms with Crippen molar-refractivity contribution in [2.45, 2.75) is 28.0 Å². The summed E-state index contributed by atoms with van der Waals surface area (Å²) in [6, 6.07) is 18.7. The zero-order valence-electron chi connectivity index (χ0n) is 18.9. The van der Waals surface area contributed by atoms with Gasteiger partial charge in [0.1, 0.15) is 11.6 Å². The average molecular weight is 520 g/mol. The Hall–Kier alpha value is -2.92. The predicted molar refractivity (Wildman–Crippen MR) is 133 cm³/mol. The number of rotatable bonds is 11. The third kappa shape index (κ3) is 6.21. The van der Waals surface area contributed by atoms with Gasteiger partial charge in [0.2, 0.25) is 14.7 Å². The summed E-state index contributed by atoms with van der Waals surface area (Å²) in [5, 5.41) is 20.1. The van der Waals surface area contributed by atoms with Gasteiger partial charge in [-0.25, -0.2) is 17.6 Å². The lowest BCUT2D eigenvalue weighted by molar-refractivity contribution is -0.140. The zero-order chi connectivity index (χ0) is 25.6. The number of aliphatic hydroxyl groups is 1. The molecule has 0 aliphatic rings. The van der Waals surface area contributed by atoms with Gasteiger partial charge in [0.05, 0.1) is 18.1 Å². The SMILES string of the molecule is COc1ccc(-c2ccc(S(=O)(=O)C(N)(CC(O)CSCc3ccc(F)cc3)C(=O)O)cc2)cc1. The van der Waals surface area contributed by atoms with Gasteiger partial charge in [-0.15, -0.1) is 0 Å². The molecule has 3 aromatic carbocycles. The van der Waals surface area contributed by atoms with Crippen LogP contribution in [0.3, 0.4) is 0 Å². The van der Waals surface area contributed by atoms with Gasteiger partial charge in [-0.1, -0.05) is 36.4 Å². The molecule has 0 amide bonds. The van der Waals surface area contributed by atoms with Crippen molar-refractivity contribution < 1.29 is 32.6 Å². The van der Waals surface area contributed by atoms with Crippen LogP contribution in [0.15, 0.2) is 77.7 Å². The van der Waals surface area contributed by atoms with Crippen LogP contribution in [0.2, 0.25) is 0 Å². The number of carboxylic acid groups (broad SMARTS) is 1. The first-order valence-corrected chi connectivity index (χ1v) is 13.2. The van der Waals surface area contributed by atoms with E-state index >= 15 is 0 Å². The van der Waals surface area contributed by atoms with E-state index in [1.807, 2.05) is 12.1 Å². The molecule has 0 heterocycles. The van der Waals surface area contributed by atoms with Crippen molar-refractivity contribution in [1.82, 2.24) is 0 Å². The van der Waals surface area contributed by atoms with Crippen molar-refractivity contribution in [3.8, 4) is 16.9 Å². The number of hydrogen-bond acceptors (Lipinski definition) is 7. The first-order chi connectivity index (χ1) is 16.6. The summed E-state index contributed by atoms with van der Waals surface area (Å²) in [6.45, 7) is 0. The van der Waals surface area contributed by atoms with Crippen LogP contribution < -0.4 is 10.5 Å². The largest absolute Gasteiger partial charge is 0.497 e. The standard InChI is InChI=1S/C25H26FNO6S2/c1-33-22-10-4-18(5-11-22)19-6-12-23(13-7-19)35(31,32)25(27,24(29)30)14-21(28)16-34-15-17-2-8-20(26)9-3-17/h2-13,21,28H,14-16,27H2,1H3,(H,29,30). The second-order valence-electron chi connectivity index (χ2n) is 7.95. The summed E-state index contributed by atoms with van der Waals surface area (Å²) >= 11 is 1.26. The number of hydrogen-bond donors (Lipinski definition) is 3. The highest BCUT2D eigenvalue weighted by Gasteiger charge is 2.49. The van der Waals surface area contributed by atoms with Crippen molar-refractivity contribution in [3.05, 3.63) is 84.2 Å². The zero-order valence-corrected chi connectivity index (χ0v) is 20.6. The number of halogens is 1. The number of carbonyl (C=O) groups is 1. The maximum Gasteiger partial charge on any atom is 0.340 e. The van der Waals surface area contributed by atoms with E-state index in [-0.39, 0.29) is 16.5 Å². The van der Waals surface area contributed by atoms with Crippen LogP contribution in [0.1, 0.15) is 12.0 Å². The first kappa shape index (κ1) is 26.7. The molecule has 0 aliphatic heterocycles. The Morgan fingerprint density at radius 1 is 1.03 bits per heavy atom. The molecule has 0 aromatic heterocycles. The van der Waals surface area contributed by atoms with Gasteiger partial charge in [-0.2, -0.15) is 11.8 Å². The highest BCUT2D eigenvalue weighted by atomic mass is 32.2. The van der Waals surface area contributed by atoms with Crippen LogP contribution in [0.4, 0.5) is 4.39 Å². The van der Waals surface area contributed by atoms with Crippen molar-refractivity contribution in [2.75, 3.05) is 12.9 Å². The van der Waals surface area contributed by atoms with Crippen molar-refractivity contribution in [1.29, 1.82) is 0 Å². The van der Waals surface area contributed by atoms with Gasteiger partial charge >= 0.3 is 5.97 Å². The van der Waals surface area contributed by atoms with Crippen molar-refractivity contribution >= 4 is 27.6 Å². The number of sulfone groups is 1. The van der Waals surface area contributed by atoms with E-state index in [0.717, 1.165) is 16.7 Å². The van der Waals surface area contributed by atoms with E-state index in [0.29, 0.717) is 11.5 Å². The Morgan fingerprint density at radius 3 is 2.09 bits per heavy atom. The van der Waals surface area contributed by atoms with E-state index in [4.69, 9.17) is 10.5 Å². The molecule has 0 aliphatic carbocycles. The Morgan fingerprint density at radius 2 is 1.57 bits per heavy atom. The van der Waals surface area contributed by atoms with Gasteiger partial charge in [-0.05, 0) is 53.1 Å². The Bertz CT molecular complexity index is 1250. The molecule has 7 nitrogen and oxygen atoms in total. The van der Waals surface area contributed by atoms with E-state index in [2.05, 4.69) is 0 Å². The minimum atomic E-state index is -4.54. The fourth-order valence-corrected chi connectivity index (χ4v) is 5.93. The smallest absolute Gasteiger partial charge is 0.340 e. The Kier molecular flexibility index (Phi) is 8.55. The van der Waals surface area contributed by atoms with Gasteiger partial charge in [0, 0.05) is 17.9 Å². The molecule has 10 heteroatoms. The molecule has 0 bridgehead atoms. The molecule has 2 unspecified atom stereocenters. The fraction of sp³-hybridized carbons (Fsp3) is 0.240. The van der Waals surface area contributed by atoms with Crippen molar-refractivity contribution in [2.24, 2.45) is 5.73 Å². The number of ether oxygens (including phenoxy) is 1. The molecule has 0 saturated heterocycles. The number of thioether (sulfide) groups is 1. The van der Waals surface area contributed by atoms with Gasteiger partial charge in [0.15, 0.2) is 0 Å². The predicted octanol–water partition coefficient (Wildman–Crippen LogP) is 3.70. The monoisotopic (exact) mass is 519 g/mol. The van der Waals surface area contributed by atoms with Crippen LogP contribution in [0, 0.1) is 5.82 Å². The van der Waals surface area contributed by atoms with Crippen LogP contribution in [-0.2, 0) is 20.4 Å². The summed E-state index contributed by atoms with van der Waals surface area (Å²) in [5.41, 5.74) is 8.27. The third-order valence-corrected chi connectivity index (χ3v) is 8.81. The average Bonchev–Trinajstić information content (AvgIpc) is 2.85. The molecule has 4 N–H and O–H groups in total. The molecule has 0 radical (unpaired) electrons. The molecule has 3 rings (SSSR count). The van der Waals surface area contributed by atoms with Gasteiger partial charge < -0.3 is 20.7 Å².